The second kappa shape index (κ2) is 11.2. The van der Waals surface area contributed by atoms with Crippen molar-refractivity contribution in [1.29, 1.82) is 0 Å². The molecule has 212 valence electrons. The van der Waals surface area contributed by atoms with Gasteiger partial charge in [-0.3, -0.25) is 4.79 Å². The second-order valence-corrected chi connectivity index (χ2v) is 11.3. The highest BCUT2D eigenvalue weighted by atomic mass is 16.4. The van der Waals surface area contributed by atoms with E-state index in [1.165, 1.54) is 12.5 Å². The Labute approximate surface area is 239 Å². The van der Waals surface area contributed by atoms with Crippen LogP contribution < -0.4 is 9.80 Å². The van der Waals surface area contributed by atoms with Gasteiger partial charge in [0.2, 0.25) is 5.82 Å². The fourth-order valence-electron chi connectivity index (χ4n) is 6.20. The molecule has 7 rings (SSSR count). The molecule has 6 heterocycles. The Morgan fingerprint density at radius 2 is 1.68 bits per heavy atom. The highest BCUT2D eigenvalue weighted by Crippen LogP contribution is 2.35. The van der Waals surface area contributed by atoms with Crippen LogP contribution in [0.5, 0.6) is 0 Å². The summed E-state index contributed by atoms with van der Waals surface area (Å²) in [5.41, 5.74) is 2.86. The van der Waals surface area contributed by atoms with Gasteiger partial charge in [0.25, 0.3) is 5.91 Å². The van der Waals surface area contributed by atoms with Gasteiger partial charge >= 0.3 is 5.97 Å². The number of rotatable bonds is 4. The SMILES string of the molecule is Cc1cc(N2CCC(C)C2)cn2nc(C(=O)N3CC4CCN(c5cccc(C(=O)O)n5)C4C3)nc12.c1ccccc1. The first-order valence-electron chi connectivity index (χ1n) is 14.3. The van der Waals surface area contributed by atoms with Crippen molar-refractivity contribution in [1.82, 2.24) is 24.5 Å². The maximum absolute atomic E-state index is 13.4. The van der Waals surface area contributed by atoms with Crippen LogP contribution in [-0.4, -0.2) is 80.2 Å². The zero-order valence-corrected chi connectivity index (χ0v) is 23.4. The smallest absolute Gasteiger partial charge is 0.354 e. The van der Waals surface area contributed by atoms with Crippen LogP contribution in [0.4, 0.5) is 11.5 Å². The standard InChI is InChI=1S/C25H29N7O3.C6H6/c1-15-6-8-29(11-15)18-10-16(2)23-27-22(28-32(23)13-18)24(33)30-12-17-7-9-31(20(17)14-30)21-5-3-4-19(26-21)25(34)35;1-2-4-6-5-3-1/h3-5,10,13,15,17,20H,6-9,11-12,14H2,1-2H3,(H,34,35);1-6H. The fourth-order valence-corrected chi connectivity index (χ4v) is 6.20. The molecule has 3 unspecified atom stereocenters. The molecule has 4 aromatic rings. The lowest BCUT2D eigenvalue weighted by Crippen LogP contribution is -2.38. The van der Waals surface area contributed by atoms with Crippen molar-refractivity contribution in [2.24, 2.45) is 11.8 Å². The van der Waals surface area contributed by atoms with Crippen molar-refractivity contribution >= 4 is 29.0 Å². The van der Waals surface area contributed by atoms with Crippen molar-refractivity contribution in [2.75, 3.05) is 42.5 Å². The van der Waals surface area contributed by atoms with E-state index in [0.29, 0.717) is 36.4 Å². The minimum atomic E-state index is -1.04. The summed E-state index contributed by atoms with van der Waals surface area (Å²) in [4.78, 5) is 40.0. The number of nitrogens with zero attached hydrogens (tertiary/aromatic N) is 7. The third-order valence-electron chi connectivity index (χ3n) is 8.33. The zero-order chi connectivity index (χ0) is 28.5. The van der Waals surface area contributed by atoms with Gasteiger partial charge in [-0.15, -0.1) is 5.10 Å². The van der Waals surface area contributed by atoms with Gasteiger partial charge in [-0.1, -0.05) is 49.4 Å². The predicted molar refractivity (Wildman–Crippen MR) is 157 cm³/mol. The van der Waals surface area contributed by atoms with E-state index in [0.717, 1.165) is 37.3 Å². The first-order valence-corrected chi connectivity index (χ1v) is 14.3. The number of anilines is 2. The van der Waals surface area contributed by atoms with Crippen LogP contribution in [0.25, 0.3) is 5.65 Å². The summed E-state index contributed by atoms with van der Waals surface area (Å²) < 4.78 is 1.74. The van der Waals surface area contributed by atoms with Gasteiger partial charge in [-0.25, -0.2) is 19.3 Å². The Morgan fingerprint density at radius 3 is 2.37 bits per heavy atom. The number of carbonyl (C=O) groups excluding carboxylic acids is 1. The van der Waals surface area contributed by atoms with E-state index in [9.17, 15) is 14.7 Å². The van der Waals surface area contributed by atoms with Crippen LogP contribution in [0.1, 0.15) is 46.4 Å². The number of benzene rings is 1. The number of aromatic nitrogens is 4. The van der Waals surface area contributed by atoms with E-state index in [4.69, 9.17) is 0 Å². The van der Waals surface area contributed by atoms with Crippen molar-refractivity contribution in [2.45, 2.75) is 32.7 Å². The molecule has 0 spiro atoms. The lowest BCUT2D eigenvalue weighted by Gasteiger charge is -2.25. The maximum Gasteiger partial charge on any atom is 0.354 e. The van der Waals surface area contributed by atoms with E-state index < -0.39 is 5.97 Å². The maximum atomic E-state index is 13.4. The molecular weight excluding hydrogens is 518 g/mol. The third kappa shape index (κ3) is 5.46. The molecule has 1 aromatic carbocycles. The van der Waals surface area contributed by atoms with Crippen LogP contribution in [0.3, 0.4) is 0 Å². The van der Waals surface area contributed by atoms with E-state index in [2.05, 4.69) is 37.9 Å². The number of carboxylic acid groups (broad SMARTS) is 1. The molecular formula is C31H35N7O3. The zero-order valence-electron chi connectivity index (χ0n) is 23.4. The third-order valence-corrected chi connectivity index (χ3v) is 8.33. The highest BCUT2D eigenvalue weighted by molar-refractivity contribution is 5.91. The van der Waals surface area contributed by atoms with Crippen LogP contribution >= 0.6 is 0 Å². The quantitative estimate of drug-likeness (QED) is 0.404. The molecule has 1 N–H and O–H groups in total. The Kier molecular flexibility index (Phi) is 7.30. The number of likely N-dealkylation sites (tertiary alicyclic amines) is 1. The van der Waals surface area contributed by atoms with Crippen molar-refractivity contribution in [3.05, 3.63) is 83.9 Å². The molecule has 0 radical (unpaired) electrons. The monoisotopic (exact) mass is 553 g/mol. The molecule has 3 aromatic heterocycles. The van der Waals surface area contributed by atoms with Crippen molar-refractivity contribution < 1.29 is 14.7 Å². The molecule has 0 bridgehead atoms. The summed E-state index contributed by atoms with van der Waals surface area (Å²) in [7, 11) is 0. The Morgan fingerprint density at radius 1 is 0.927 bits per heavy atom. The lowest BCUT2D eigenvalue weighted by molar-refractivity contribution is 0.0690. The van der Waals surface area contributed by atoms with Crippen molar-refractivity contribution in [3.63, 3.8) is 0 Å². The Bertz CT molecular complexity index is 1530. The molecule has 10 heteroatoms. The summed E-state index contributed by atoms with van der Waals surface area (Å²) in [5.74, 6) is 0.661. The number of carboxylic acids is 1. The number of amides is 1. The van der Waals surface area contributed by atoms with Gasteiger partial charge < -0.3 is 19.8 Å². The number of pyridine rings is 2. The van der Waals surface area contributed by atoms with E-state index in [1.807, 2.05) is 60.5 Å². The summed E-state index contributed by atoms with van der Waals surface area (Å²) in [6.07, 6.45) is 4.09. The van der Waals surface area contributed by atoms with E-state index in [1.54, 1.807) is 10.6 Å². The van der Waals surface area contributed by atoms with Crippen LogP contribution in [0, 0.1) is 18.8 Å². The Balaban J connectivity index is 0.000000449. The number of aromatic carboxylic acids is 1. The Hall–Kier alpha value is -4.47. The minimum Gasteiger partial charge on any atom is -0.477 e. The van der Waals surface area contributed by atoms with Crippen LogP contribution in [0.2, 0.25) is 0 Å². The van der Waals surface area contributed by atoms with Gasteiger partial charge in [0.1, 0.15) is 5.82 Å². The average molecular weight is 554 g/mol. The average Bonchev–Trinajstić information content (AvgIpc) is 3.78. The molecule has 41 heavy (non-hydrogen) atoms. The van der Waals surface area contributed by atoms with Gasteiger partial charge in [-0.05, 0) is 49.4 Å². The molecule has 3 aliphatic heterocycles. The molecule has 0 saturated carbocycles. The molecule has 3 aliphatic rings. The van der Waals surface area contributed by atoms with Crippen molar-refractivity contribution in [3.8, 4) is 0 Å². The second-order valence-electron chi connectivity index (χ2n) is 11.3. The highest BCUT2D eigenvalue weighted by Gasteiger charge is 2.44. The summed E-state index contributed by atoms with van der Waals surface area (Å²) in [5, 5.41) is 13.9. The molecule has 10 nitrogen and oxygen atoms in total. The van der Waals surface area contributed by atoms with E-state index in [-0.39, 0.29) is 23.5 Å². The molecule has 3 fully saturated rings. The van der Waals surface area contributed by atoms with Crippen LogP contribution in [0.15, 0.2) is 66.9 Å². The van der Waals surface area contributed by atoms with Gasteiger partial charge in [0, 0.05) is 38.6 Å². The number of hydrogen-bond acceptors (Lipinski definition) is 7. The number of fused-ring (bicyclic) bond motifs is 2. The number of carbonyl (C=O) groups is 2. The number of hydrogen-bond donors (Lipinski definition) is 1. The molecule has 0 aliphatic carbocycles. The minimum absolute atomic E-state index is 0.0314. The normalized spacial score (nSPS) is 21.6. The molecule has 3 atom stereocenters. The largest absolute Gasteiger partial charge is 0.477 e. The molecule has 3 saturated heterocycles. The fraction of sp³-hybridized carbons (Fsp3) is 0.387. The molecule has 1 amide bonds. The van der Waals surface area contributed by atoms with Gasteiger partial charge in [0.05, 0.1) is 17.9 Å². The predicted octanol–water partition coefficient (Wildman–Crippen LogP) is 4.01. The van der Waals surface area contributed by atoms with Crippen LogP contribution in [-0.2, 0) is 0 Å². The first kappa shape index (κ1) is 26.7. The summed E-state index contributed by atoms with van der Waals surface area (Å²) >= 11 is 0. The summed E-state index contributed by atoms with van der Waals surface area (Å²) in [6, 6.07) is 19.3. The van der Waals surface area contributed by atoms with Gasteiger partial charge in [-0.2, -0.15) is 0 Å². The number of aryl methyl sites for hydroxylation is 1. The van der Waals surface area contributed by atoms with E-state index >= 15 is 0 Å². The lowest BCUT2D eigenvalue weighted by atomic mass is 10.1. The van der Waals surface area contributed by atoms with Gasteiger partial charge in [0.15, 0.2) is 11.3 Å². The summed E-state index contributed by atoms with van der Waals surface area (Å²) in [6.45, 7) is 8.34. The topological polar surface area (TPSA) is 107 Å². The first-order chi connectivity index (χ1) is 19.9.